The number of thiophene rings is 2. The Hall–Kier alpha value is -5.43. The molecule has 0 spiro atoms. The van der Waals surface area contributed by atoms with Gasteiger partial charge in [0.1, 0.15) is 39.6 Å². The maximum Gasteiger partial charge on any atom is 0.408 e. The number of esters is 2. The fourth-order valence-corrected chi connectivity index (χ4v) is 13.0. The van der Waals surface area contributed by atoms with Crippen molar-refractivity contribution in [2.75, 3.05) is 9.80 Å². The summed E-state index contributed by atoms with van der Waals surface area (Å²) in [6, 6.07) is 1.67. The fraction of sp³-hybridized carbons (Fsp3) is 0.716. The van der Waals surface area contributed by atoms with Crippen LogP contribution in [0.2, 0.25) is 0 Å². The average Bonchev–Trinajstić information content (AvgIpc) is 1.73. The first kappa shape index (κ1) is 70.3. The molecule has 4 saturated carbocycles. The van der Waals surface area contributed by atoms with E-state index >= 15 is 0 Å². The van der Waals surface area contributed by atoms with E-state index in [2.05, 4.69) is 42.8 Å². The number of carbonyl (C=O) groups is 7. The molecule has 2 aromatic heterocycles. The van der Waals surface area contributed by atoms with Gasteiger partial charge < -0.3 is 45.3 Å². The largest absolute Gasteiger partial charge is 0.477 e. The zero-order valence-electron chi connectivity index (χ0n) is 53.6. The van der Waals surface area contributed by atoms with Gasteiger partial charge in [-0.2, -0.15) is 0 Å². The predicted molar refractivity (Wildman–Crippen MR) is 339 cm³/mol. The van der Waals surface area contributed by atoms with Crippen molar-refractivity contribution < 1.29 is 59.4 Å². The lowest BCUT2D eigenvalue weighted by atomic mass is 9.81. The summed E-state index contributed by atoms with van der Waals surface area (Å²) in [5.74, 6) is 10.4. The second-order valence-electron chi connectivity index (χ2n) is 27.7. The Morgan fingerprint density at radius 3 is 1.29 bits per heavy atom. The van der Waals surface area contributed by atoms with Crippen molar-refractivity contribution in [3.63, 3.8) is 0 Å². The van der Waals surface area contributed by atoms with Crippen molar-refractivity contribution in [2.45, 2.75) is 261 Å². The number of carbonyl (C=O) groups excluding carboxylic acids is 5. The molecule has 0 bridgehead atoms. The first-order chi connectivity index (χ1) is 39.7. The second-order valence-corrected chi connectivity index (χ2v) is 29.9. The first-order valence-corrected chi connectivity index (χ1v) is 32.9. The maximum atomic E-state index is 14.2. The van der Waals surface area contributed by atoms with Gasteiger partial charge in [0.25, 0.3) is 0 Å². The summed E-state index contributed by atoms with van der Waals surface area (Å²) >= 11 is 2.24. The molecule has 4 atom stereocenters. The highest BCUT2D eigenvalue weighted by molar-refractivity contribution is 7.15. The normalized spacial score (nSPS) is 24.1. The smallest absolute Gasteiger partial charge is 0.408 e. The molecule has 5 N–H and O–H groups in total. The quantitative estimate of drug-likeness (QED) is 0.0657. The molecular formula is C67H102N4O12S2. The zero-order chi connectivity index (χ0) is 63.3. The van der Waals surface area contributed by atoms with Gasteiger partial charge in [-0.15, -0.1) is 22.7 Å². The van der Waals surface area contributed by atoms with Crippen LogP contribution >= 0.6 is 22.7 Å². The summed E-state index contributed by atoms with van der Waals surface area (Å²) in [5.41, 5.74) is 5.76. The molecule has 0 aromatic carbocycles. The van der Waals surface area contributed by atoms with Crippen molar-refractivity contribution in [1.82, 2.24) is 5.32 Å². The number of ether oxygens (including phenoxy) is 3. The van der Waals surface area contributed by atoms with E-state index in [0.29, 0.717) is 90.8 Å². The van der Waals surface area contributed by atoms with Crippen LogP contribution in [-0.2, 0) is 33.4 Å². The van der Waals surface area contributed by atoms with Gasteiger partial charge in [0.2, 0.25) is 11.8 Å². The molecule has 4 aliphatic rings. The van der Waals surface area contributed by atoms with Crippen LogP contribution in [0.15, 0.2) is 12.1 Å². The molecule has 16 nitrogen and oxygen atoms in total. The molecule has 18 heteroatoms. The van der Waals surface area contributed by atoms with Gasteiger partial charge in [-0.25, -0.2) is 19.2 Å². The highest BCUT2D eigenvalue weighted by atomic mass is 32.1. The lowest BCUT2D eigenvalue weighted by Crippen LogP contribution is -2.50. The molecule has 6 rings (SSSR count). The lowest BCUT2D eigenvalue weighted by molar-refractivity contribution is -0.155. The molecule has 2 aromatic rings. The third-order valence-corrected chi connectivity index (χ3v) is 19.0. The Morgan fingerprint density at radius 2 is 0.965 bits per heavy atom. The SMILES string of the molecule is CC[C@@H](C)[C@@H](NC(=O)OC(C)(C)C)C(=O)OC1CCC(N(C(=O)C2CCC(C)CC2)c2cc(C#CC(C)(C)C)sc2C(=O)O)CC1.CC[C@H](C)[C@@H](N)C(=O)OC1CCC(N(C(=O)C2CCC(C)CC2)c2cc(C#CC(C)(C)C)sc2C(=O)O)CC1.[2HH]. The molecule has 0 saturated heterocycles. The number of nitrogens with zero attached hydrogens (tertiary/aromatic N) is 2. The van der Waals surface area contributed by atoms with Crippen molar-refractivity contribution >= 4 is 75.8 Å². The standard InChI is InChI=1S/C36H54N2O7S.C31H46N2O5S.H2/c1-10-23(3)29(37-34(43)45-36(7,8)9)33(42)44-26-17-15-25(16-18-26)38(31(39)24-13-11-22(2)12-14-24)28-21-27(19-20-35(4,5)6)46-30(28)32(40)41;1-7-20(3)26(32)30(37)38-23-14-12-22(13-15-23)33(28(34)21-10-8-19(2)9-11-21)25-18-24(16-17-31(4,5)6)39-27(25)29(35)36;/h21-26,29H,10-18H2,1-9H3,(H,37,43)(H,40,41);18-23,26H,7-15,32H2,1-6H3,(H,35,36);1H/t22?,23-,24?,25?,26?,29-;19?,20-,21?,22?,23?,26+;/m10./s1/i;;1+1. The number of anilines is 2. The minimum absolute atomic E-state index is 0. The topological polar surface area (TPSA) is 232 Å². The summed E-state index contributed by atoms with van der Waals surface area (Å²) in [7, 11) is 0. The predicted octanol–water partition coefficient (Wildman–Crippen LogP) is 14.3. The number of aromatic carboxylic acids is 2. The van der Waals surface area contributed by atoms with E-state index in [1.165, 1.54) is 0 Å². The number of nitrogens with two attached hydrogens (primary N) is 1. The van der Waals surface area contributed by atoms with Crippen LogP contribution in [0.1, 0.15) is 250 Å². The van der Waals surface area contributed by atoms with E-state index in [0.717, 1.165) is 80.5 Å². The molecule has 474 valence electrons. The van der Waals surface area contributed by atoms with Crippen LogP contribution in [0.25, 0.3) is 0 Å². The Labute approximate surface area is 516 Å². The fourth-order valence-electron chi connectivity index (χ4n) is 11.4. The van der Waals surface area contributed by atoms with Crippen molar-refractivity contribution in [2.24, 2.45) is 52.1 Å². The van der Waals surface area contributed by atoms with Gasteiger partial charge in [-0.05, 0) is 201 Å². The molecular weight excluding hydrogens is 1120 g/mol. The van der Waals surface area contributed by atoms with E-state index < -0.39 is 41.7 Å². The molecule has 0 unspecified atom stereocenters. The van der Waals surface area contributed by atoms with E-state index in [-0.39, 0.29) is 87.8 Å². The van der Waals surface area contributed by atoms with Crippen molar-refractivity contribution in [3.8, 4) is 23.7 Å². The molecule has 85 heavy (non-hydrogen) atoms. The monoisotopic (exact) mass is 1220 g/mol. The lowest BCUT2D eigenvalue weighted by Gasteiger charge is -2.39. The summed E-state index contributed by atoms with van der Waals surface area (Å²) in [6.07, 6.45) is 12.0. The van der Waals surface area contributed by atoms with Gasteiger partial charge in [0.05, 0.1) is 21.1 Å². The average molecular weight is 1220 g/mol. The van der Waals surface area contributed by atoms with Crippen LogP contribution in [0.4, 0.5) is 16.2 Å². The highest BCUT2D eigenvalue weighted by Gasteiger charge is 2.41. The molecule has 2 heterocycles. The van der Waals surface area contributed by atoms with Gasteiger partial charge in [0, 0.05) is 36.2 Å². The van der Waals surface area contributed by atoms with Gasteiger partial charge in [-0.1, -0.05) is 78.1 Å². The van der Waals surface area contributed by atoms with Crippen LogP contribution in [0.3, 0.4) is 0 Å². The van der Waals surface area contributed by atoms with Crippen LogP contribution in [-0.4, -0.2) is 94.0 Å². The summed E-state index contributed by atoms with van der Waals surface area (Å²) < 4.78 is 17.1. The highest BCUT2D eigenvalue weighted by Crippen LogP contribution is 2.42. The number of carboxylic acids is 2. The van der Waals surface area contributed by atoms with E-state index in [1.807, 2.05) is 69.2 Å². The van der Waals surface area contributed by atoms with E-state index in [1.54, 1.807) is 42.7 Å². The zero-order valence-corrected chi connectivity index (χ0v) is 55.2. The Balaban J connectivity index is 0.000000369. The number of hydrogen-bond donors (Lipinski definition) is 4. The Kier molecular flexibility index (Phi) is 25.6. The summed E-state index contributed by atoms with van der Waals surface area (Å²) in [6.45, 7) is 29.5. The third-order valence-electron chi connectivity index (χ3n) is 16.9. The molecule has 0 aliphatic heterocycles. The maximum absolute atomic E-state index is 14.2. The molecule has 4 aliphatic carbocycles. The summed E-state index contributed by atoms with van der Waals surface area (Å²) in [5, 5.41) is 23.0. The minimum Gasteiger partial charge on any atom is -0.477 e. The van der Waals surface area contributed by atoms with Crippen molar-refractivity contribution in [3.05, 3.63) is 31.6 Å². The molecule has 3 amide bonds. The summed E-state index contributed by atoms with van der Waals surface area (Å²) in [4.78, 5) is 96.5. The minimum atomic E-state index is -1.07. The first-order valence-electron chi connectivity index (χ1n) is 31.3. The Morgan fingerprint density at radius 1 is 0.600 bits per heavy atom. The van der Waals surface area contributed by atoms with E-state index in [4.69, 9.17) is 19.9 Å². The number of rotatable bonds is 17. The van der Waals surface area contributed by atoms with Crippen LogP contribution in [0.5, 0.6) is 0 Å². The van der Waals surface area contributed by atoms with Gasteiger partial charge in [0.15, 0.2) is 0 Å². The number of alkyl carbamates (subject to hydrolysis) is 1. The van der Waals surface area contributed by atoms with Gasteiger partial charge in [-0.3, -0.25) is 14.4 Å². The number of hydrogen-bond acceptors (Lipinski definition) is 13. The van der Waals surface area contributed by atoms with Gasteiger partial charge >= 0.3 is 30.0 Å². The Bertz CT molecular complexity index is 2750. The van der Waals surface area contributed by atoms with Crippen LogP contribution in [0, 0.1) is 70.0 Å². The second kappa shape index (κ2) is 31.0. The number of amides is 3. The third kappa shape index (κ3) is 21.2. The number of nitrogens with one attached hydrogen (secondary N) is 1. The number of carboxylic acid groups (broad SMARTS) is 2. The van der Waals surface area contributed by atoms with E-state index in [9.17, 15) is 43.8 Å². The molecule has 0 radical (unpaired) electrons. The molecule has 4 fully saturated rings. The van der Waals surface area contributed by atoms with Crippen molar-refractivity contribution in [1.29, 1.82) is 0 Å². The van der Waals surface area contributed by atoms with Crippen LogP contribution < -0.4 is 20.9 Å².